The summed E-state index contributed by atoms with van der Waals surface area (Å²) in [6.45, 7) is 5.40. The van der Waals surface area contributed by atoms with Gasteiger partial charge in [-0.1, -0.05) is 66.7 Å². The van der Waals surface area contributed by atoms with Gasteiger partial charge in [0, 0.05) is 23.9 Å². The Labute approximate surface area is 226 Å². The van der Waals surface area contributed by atoms with E-state index in [1.54, 1.807) is 51.2 Å². The number of ether oxygens (including phenoxy) is 2. The standard InChI is InChI=1S/C31H30N2O6/c1-31(2,3)39-30(37)33-17-19(20-10-8-9-15-27(20)33)16-26(28(34)35)32-29(36)38-18-25-23-13-6-4-11-21(23)22-12-5-7-14-24(22)25/h4-15,17,25-26H,16,18H2,1-3H3,(H,32,36)(H,34,35)/t26-/m0/s1/i34+2,35+2. The molecule has 0 saturated heterocycles. The Kier molecular flexibility index (Phi) is 6.87. The number of carbonyl (C=O) groups excluding carboxylic acids is 2. The number of carbonyl (C=O) groups is 3. The normalized spacial score (nSPS) is 13.4. The maximum Gasteiger partial charge on any atom is 0.419 e. The van der Waals surface area contributed by atoms with Crippen molar-refractivity contribution in [1.29, 1.82) is 0 Å². The van der Waals surface area contributed by atoms with Gasteiger partial charge in [-0.2, -0.15) is 0 Å². The van der Waals surface area contributed by atoms with Gasteiger partial charge in [0.2, 0.25) is 0 Å². The number of aliphatic carboxylic acids is 1. The summed E-state index contributed by atoms with van der Waals surface area (Å²) in [5.74, 6) is -1.35. The van der Waals surface area contributed by atoms with Crippen molar-refractivity contribution in [2.75, 3.05) is 6.61 Å². The Hall–Kier alpha value is -4.59. The van der Waals surface area contributed by atoms with Gasteiger partial charge < -0.3 is 19.9 Å². The van der Waals surface area contributed by atoms with Gasteiger partial charge in [-0.15, -0.1) is 0 Å². The molecule has 1 heterocycles. The van der Waals surface area contributed by atoms with Crippen LogP contribution in [0, 0.1) is 0 Å². The second-order valence-corrected chi connectivity index (χ2v) is 10.6. The number of aromatic nitrogens is 1. The number of nitrogens with one attached hydrogen (secondary N) is 1. The maximum atomic E-state index is 12.8. The highest BCUT2D eigenvalue weighted by Gasteiger charge is 2.30. The fourth-order valence-electron chi connectivity index (χ4n) is 5.08. The number of amides is 1. The van der Waals surface area contributed by atoms with Crippen molar-refractivity contribution >= 4 is 29.1 Å². The number of rotatable bonds is 6. The summed E-state index contributed by atoms with van der Waals surface area (Å²) < 4.78 is 12.4. The number of fused-ring (bicyclic) bond motifs is 4. The van der Waals surface area contributed by atoms with Crippen molar-refractivity contribution < 1.29 is 29.0 Å². The Morgan fingerprint density at radius 1 is 0.974 bits per heavy atom. The molecular weight excluding hydrogens is 500 g/mol. The van der Waals surface area contributed by atoms with Crippen molar-refractivity contribution in [3.05, 3.63) is 95.7 Å². The molecular formula is C31H30N2O6. The topological polar surface area (TPSA) is 107 Å². The number of hydrogen-bond donors (Lipinski definition) is 2. The molecule has 0 spiro atoms. The summed E-state index contributed by atoms with van der Waals surface area (Å²) in [4.78, 5) is 37.7. The molecule has 1 aliphatic rings. The molecule has 39 heavy (non-hydrogen) atoms. The van der Waals surface area contributed by atoms with Crippen LogP contribution < -0.4 is 5.32 Å². The van der Waals surface area contributed by atoms with Gasteiger partial charge in [0.15, 0.2) is 0 Å². The number of carboxylic acid groups (broad SMARTS) is 1. The molecule has 0 unspecified atom stereocenters. The number of nitrogens with zero attached hydrogens (tertiary/aromatic N) is 1. The van der Waals surface area contributed by atoms with Crippen LogP contribution in [0.25, 0.3) is 22.0 Å². The minimum absolute atomic E-state index is 0.0458. The third-order valence-corrected chi connectivity index (χ3v) is 6.74. The molecule has 0 saturated carbocycles. The second kappa shape index (κ2) is 10.3. The molecule has 0 fully saturated rings. The number of benzene rings is 3. The minimum Gasteiger partial charge on any atom is -0.480 e. The molecule has 8 heteroatoms. The predicted molar refractivity (Wildman–Crippen MR) is 147 cm³/mol. The van der Waals surface area contributed by atoms with Crippen molar-refractivity contribution in [1.82, 2.24) is 9.88 Å². The van der Waals surface area contributed by atoms with Gasteiger partial charge in [-0.3, -0.25) is 4.57 Å². The fraction of sp³-hybridized carbons (Fsp3) is 0.258. The monoisotopic (exact) mass is 530 g/mol. The average Bonchev–Trinajstić information content (AvgIpc) is 3.42. The molecule has 1 aromatic heterocycles. The van der Waals surface area contributed by atoms with E-state index in [0.717, 1.165) is 22.3 Å². The average molecular weight is 531 g/mol. The van der Waals surface area contributed by atoms with E-state index >= 15 is 0 Å². The van der Waals surface area contributed by atoms with E-state index in [1.165, 1.54) is 4.57 Å². The van der Waals surface area contributed by atoms with Crippen LogP contribution >= 0.6 is 0 Å². The molecule has 4 aromatic rings. The van der Waals surface area contributed by atoms with Gasteiger partial charge in [0.05, 0.1) is 5.52 Å². The summed E-state index contributed by atoms with van der Waals surface area (Å²) >= 11 is 0. The van der Waals surface area contributed by atoms with E-state index in [9.17, 15) is 19.5 Å². The van der Waals surface area contributed by atoms with Gasteiger partial charge in [-0.25, -0.2) is 14.4 Å². The first-order valence-corrected chi connectivity index (χ1v) is 12.8. The molecule has 0 bridgehead atoms. The first-order valence-electron chi connectivity index (χ1n) is 12.8. The molecule has 8 nitrogen and oxygen atoms in total. The predicted octanol–water partition coefficient (Wildman–Crippen LogP) is 5.96. The highest BCUT2D eigenvalue weighted by molar-refractivity contribution is 5.92. The quantitative estimate of drug-likeness (QED) is 0.298. The molecule has 1 aliphatic carbocycles. The Balaban J connectivity index is 1.31. The van der Waals surface area contributed by atoms with Crippen molar-refractivity contribution in [2.24, 2.45) is 0 Å². The summed E-state index contributed by atoms with van der Waals surface area (Å²) in [6.07, 6.45) is 0.130. The molecule has 0 aliphatic heterocycles. The van der Waals surface area contributed by atoms with E-state index in [4.69, 9.17) is 9.47 Å². The zero-order valence-corrected chi connectivity index (χ0v) is 22.0. The van der Waals surface area contributed by atoms with E-state index in [1.807, 2.05) is 48.5 Å². The molecule has 1 amide bonds. The SMILES string of the molecule is CC(C)(C)OC(=O)n1cc(C[C@H](NC(=O)OCC2c3ccccc3-c3ccccc32)C(=[18O])[18OH])c2ccccc21. The minimum atomic E-state index is -1.27. The van der Waals surface area contributed by atoms with Crippen LogP contribution in [0.2, 0.25) is 0 Å². The molecule has 0 radical (unpaired) electrons. The van der Waals surface area contributed by atoms with E-state index in [2.05, 4.69) is 5.32 Å². The van der Waals surface area contributed by atoms with Crippen LogP contribution in [0.4, 0.5) is 9.59 Å². The zero-order valence-electron chi connectivity index (χ0n) is 22.0. The van der Waals surface area contributed by atoms with Crippen molar-refractivity contribution in [3.63, 3.8) is 0 Å². The summed E-state index contributed by atoms with van der Waals surface area (Å²) in [5.41, 5.74) is 4.82. The molecule has 2 N–H and O–H groups in total. The highest BCUT2D eigenvalue weighted by atomic mass is 18.2. The first-order chi connectivity index (χ1) is 18.6. The van der Waals surface area contributed by atoms with Crippen LogP contribution in [0.3, 0.4) is 0 Å². The van der Waals surface area contributed by atoms with Gasteiger partial charge >= 0.3 is 18.2 Å². The number of hydrogen-bond acceptors (Lipinski definition) is 5. The van der Waals surface area contributed by atoms with E-state index in [-0.39, 0.29) is 18.9 Å². The first kappa shape index (κ1) is 26.0. The summed E-state index contributed by atoms with van der Waals surface area (Å²) in [7, 11) is 0. The van der Waals surface area contributed by atoms with Gasteiger partial charge in [-0.05, 0) is 54.7 Å². The lowest BCUT2D eigenvalue weighted by atomic mass is 9.98. The van der Waals surface area contributed by atoms with Crippen LogP contribution in [-0.4, -0.2) is 46.1 Å². The molecule has 3 aromatic carbocycles. The Morgan fingerprint density at radius 3 is 2.18 bits per heavy atom. The van der Waals surface area contributed by atoms with Crippen LogP contribution in [0.5, 0.6) is 0 Å². The summed E-state index contributed by atoms with van der Waals surface area (Å²) in [6, 6.07) is 21.9. The molecule has 200 valence electrons. The number of para-hydroxylation sites is 1. The van der Waals surface area contributed by atoms with Crippen molar-refractivity contribution in [2.45, 2.75) is 44.8 Å². The van der Waals surface area contributed by atoms with Crippen LogP contribution in [0.15, 0.2) is 79.0 Å². The van der Waals surface area contributed by atoms with Crippen molar-refractivity contribution in [3.8, 4) is 11.1 Å². The number of alkyl carbamates (subject to hydrolysis) is 1. The lowest BCUT2D eigenvalue weighted by molar-refractivity contribution is -0.139. The smallest absolute Gasteiger partial charge is 0.419 e. The largest absolute Gasteiger partial charge is 0.480 e. The fourth-order valence-corrected chi connectivity index (χ4v) is 5.08. The Bertz CT molecular complexity index is 1520. The lowest BCUT2D eigenvalue weighted by Gasteiger charge is -2.19. The van der Waals surface area contributed by atoms with E-state index in [0.29, 0.717) is 16.5 Å². The maximum absolute atomic E-state index is 12.8. The van der Waals surface area contributed by atoms with Crippen LogP contribution in [0.1, 0.15) is 43.4 Å². The van der Waals surface area contributed by atoms with E-state index < -0.39 is 29.8 Å². The number of carboxylic acids is 1. The van der Waals surface area contributed by atoms with Gasteiger partial charge in [0.25, 0.3) is 0 Å². The molecule has 5 rings (SSSR count). The molecule has 1 atom stereocenters. The second-order valence-electron chi connectivity index (χ2n) is 10.6. The highest BCUT2D eigenvalue weighted by Crippen LogP contribution is 2.44. The lowest BCUT2D eigenvalue weighted by Crippen LogP contribution is -2.42. The summed E-state index contributed by atoms with van der Waals surface area (Å²) in [5, 5.41) is 13.1. The zero-order chi connectivity index (χ0) is 27.7. The van der Waals surface area contributed by atoms with Gasteiger partial charge in [0.1, 0.15) is 18.2 Å². The Morgan fingerprint density at radius 2 is 1.56 bits per heavy atom. The van der Waals surface area contributed by atoms with Crippen LogP contribution in [-0.2, 0) is 20.7 Å². The third kappa shape index (κ3) is 5.36. The third-order valence-electron chi connectivity index (χ3n) is 6.74.